The van der Waals surface area contributed by atoms with E-state index in [9.17, 15) is 5.11 Å². The molecular weight excluding hydrogens is 488 g/mol. The van der Waals surface area contributed by atoms with E-state index in [1.165, 1.54) is 44.9 Å². The van der Waals surface area contributed by atoms with Crippen molar-refractivity contribution in [1.82, 2.24) is 0 Å². The summed E-state index contributed by atoms with van der Waals surface area (Å²) in [6.45, 7) is 5.01. The summed E-state index contributed by atoms with van der Waals surface area (Å²) >= 11 is 0. The topological polar surface area (TPSA) is 29.5 Å². The number of rotatable bonds is 5. The quantitative estimate of drug-likeness (QED) is 0.202. The molecule has 0 bridgehead atoms. The minimum Gasteiger partial charge on any atom is -0.365 e. The van der Waals surface area contributed by atoms with Crippen LogP contribution in [0.15, 0.2) is 103 Å². The normalized spacial score (nSPS) is 35.3. The van der Waals surface area contributed by atoms with Crippen LogP contribution >= 0.6 is 0 Å². The summed E-state index contributed by atoms with van der Waals surface area (Å²) in [5.74, 6) is 0.00559. The van der Waals surface area contributed by atoms with Crippen LogP contribution in [0.4, 0.5) is 0 Å². The molecule has 3 fully saturated rings. The van der Waals surface area contributed by atoms with Gasteiger partial charge in [0.2, 0.25) is 0 Å². The van der Waals surface area contributed by atoms with Gasteiger partial charge in [-0.05, 0) is 90.7 Å². The predicted molar refractivity (Wildman–Crippen MR) is 162 cm³/mol. The lowest BCUT2D eigenvalue weighted by molar-refractivity contribution is -0.294. The third-order valence-corrected chi connectivity index (χ3v) is 11.7. The lowest BCUT2D eigenvalue weighted by atomic mass is 9.47. The summed E-state index contributed by atoms with van der Waals surface area (Å²) in [4.78, 5) is 0. The number of benzene rings is 3. The molecule has 2 nitrogen and oxygen atoms in total. The van der Waals surface area contributed by atoms with Crippen molar-refractivity contribution in [1.29, 1.82) is 0 Å². The Hall–Kier alpha value is -2.68. The Morgan fingerprint density at radius 2 is 1.30 bits per heavy atom. The molecule has 2 heteroatoms. The second kappa shape index (κ2) is 9.71. The number of fused-ring (bicyclic) bond motifs is 5. The van der Waals surface area contributed by atoms with Gasteiger partial charge in [0.15, 0.2) is 5.79 Å². The molecular formula is C38H44O2. The van der Waals surface area contributed by atoms with Crippen LogP contribution in [-0.2, 0) is 10.3 Å². The fraction of sp³-hybridized carbons (Fsp3) is 0.474. The van der Waals surface area contributed by atoms with Gasteiger partial charge in [0.05, 0.1) is 0 Å². The molecule has 0 aromatic heterocycles. The molecule has 1 unspecified atom stereocenters. The second-order valence-corrected chi connectivity index (χ2v) is 13.7. The summed E-state index contributed by atoms with van der Waals surface area (Å²) in [5.41, 5.74) is 4.36. The lowest BCUT2D eigenvalue weighted by Gasteiger charge is -2.59. The van der Waals surface area contributed by atoms with Crippen molar-refractivity contribution >= 4 is 0 Å². The predicted octanol–water partition coefficient (Wildman–Crippen LogP) is 9.04. The summed E-state index contributed by atoms with van der Waals surface area (Å²) in [6, 6.07) is 31.8. The van der Waals surface area contributed by atoms with Crippen molar-refractivity contribution in [2.45, 2.75) is 83.0 Å². The number of aliphatic hydroxyl groups is 1. The van der Waals surface area contributed by atoms with E-state index >= 15 is 0 Å². The zero-order chi connectivity index (χ0) is 27.4. The van der Waals surface area contributed by atoms with Crippen LogP contribution in [-0.4, -0.2) is 10.9 Å². The highest BCUT2D eigenvalue weighted by Gasteiger charge is 2.65. The van der Waals surface area contributed by atoms with Crippen LogP contribution in [0.3, 0.4) is 0 Å². The van der Waals surface area contributed by atoms with E-state index in [1.54, 1.807) is 5.57 Å². The monoisotopic (exact) mass is 532 g/mol. The Labute approximate surface area is 240 Å². The van der Waals surface area contributed by atoms with Crippen LogP contribution in [0, 0.1) is 28.6 Å². The smallest absolute Gasteiger partial charge is 0.171 e. The van der Waals surface area contributed by atoms with Crippen LogP contribution in [0.5, 0.6) is 0 Å². The fourth-order valence-electron chi connectivity index (χ4n) is 9.89. The number of allylic oxidation sites excluding steroid dienone is 2. The highest BCUT2D eigenvalue weighted by Crippen LogP contribution is 2.68. The van der Waals surface area contributed by atoms with Crippen LogP contribution in [0.25, 0.3) is 0 Å². The third-order valence-electron chi connectivity index (χ3n) is 11.7. The molecule has 40 heavy (non-hydrogen) atoms. The van der Waals surface area contributed by atoms with Gasteiger partial charge in [0, 0.05) is 12.3 Å². The SMILES string of the molecule is C[C@]12CC[C@H]3[C@@H](CCC4=CCCC[C@@]43C)[C@@H]1C(O)(OC(c1ccccc1)(c1ccccc1)c1ccccc1)CC2. The van der Waals surface area contributed by atoms with E-state index in [1.807, 2.05) is 0 Å². The molecule has 6 atom stereocenters. The third kappa shape index (κ3) is 3.90. The Morgan fingerprint density at radius 3 is 1.88 bits per heavy atom. The molecule has 4 aliphatic carbocycles. The summed E-state index contributed by atoms with van der Waals surface area (Å²) in [5, 5.41) is 13.1. The summed E-state index contributed by atoms with van der Waals surface area (Å²) < 4.78 is 7.54. The standard InChI is InChI=1S/C38H44O2/c1-35-25-23-33-32(22-21-28-14-12-13-24-36(28,33)2)34(35)37(39,27-26-35)40-38(29-15-6-3-7-16-29,30-17-8-4-9-18-30)31-19-10-5-11-20-31/h3-11,14-20,32-34,39H,12-13,21-27H2,1-2H3/t32-,33+,34+,35-,36+,37?/m1/s1. The van der Waals surface area contributed by atoms with Crippen molar-refractivity contribution in [3.8, 4) is 0 Å². The first-order valence-corrected chi connectivity index (χ1v) is 15.7. The number of ether oxygens (including phenoxy) is 1. The van der Waals surface area contributed by atoms with Crippen molar-refractivity contribution in [3.05, 3.63) is 119 Å². The molecule has 4 aliphatic rings. The Kier molecular flexibility index (Phi) is 6.37. The van der Waals surface area contributed by atoms with Gasteiger partial charge in [-0.15, -0.1) is 0 Å². The number of hydrogen-bond donors (Lipinski definition) is 1. The van der Waals surface area contributed by atoms with Gasteiger partial charge in [0.25, 0.3) is 0 Å². The first kappa shape index (κ1) is 26.2. The zero-order valence-electron chi connectivity index (χ0n) is 24.2. The van der Waals surface area contributed by atoms with Crippen LogP contribution in [0.1, 0.15) is 88.3 Å². The highest BCUT2D eigenvalue weighted by molar-refractivity contribution is 5.47. The van der Waals surface area contributed by atoms with Crippen molar-refractivity contribution < 1.29 is 9.84 Å². The minimum atomic E-state index is -1.22. The molecule has 3 saturated carbocycles. The van der Waals surface area contributed by atoms with Crippen molar-refractivity contribution in [3.63, 3.8) is 0 Å². The van der Waals surface area contributed by atoms with Gasteiger partial charge in [-0.2, -0.15) is 0 Å². The maximum absolute atomic E-state index is 13.1. The fourth-order valence-corrected chi connectivity index (χ4v) is 9.89. The van der Waals surface area contributed by atoms with Gasteiger partial charge in [-0.3, -0.25) is 0 Å². The van der Waals surface area contributed by atoms with E-state index in [0.29, 0.717) is 18.3 Å². The summed E-state index contributed by atoms with van der Waals surface area (Å²) in [6.07, 6.45) is 12.9. The van der Waals surface area contributed by atoms with E-state index in [-0.39, 0.29) is 16.7 Å². The highest BCUT2D eigenvalue weighted by atomic mass is 16.6. The maximum atomic E-state index is 13.1. The molecule has 1 N–H and O–H groups in total. The molecule has 0 saturated heterocycles. The number of hydrogen-bond acceptors (Lipinski definition) is 2. The van der Waals surface area contributed by atoms with E-state index in [0.717, 1.165) is 23.1 Å². The Balaban J connectivity index is 1.38. The Bertz CT molecular complexity index is 1270. The molecule has 0 aliphatic heterocycles. The average Bonchev–Trinajstić information content (AvgIpc) is 3.27. The molecule has 7 rings (SSSR count). The molecule has 0 amide bonds. The van der Waals surface area contributed by atoms with Crippen LogP contribution < -0.4 is 0 Å². The second-order valence-electron chi connectivity index (χ2n) is 13.7. The molecule has 208 valence electrons. The Morgan fingerprint density at radius 1 is 0.725 bits per heavy atom. The maximum Gasteiger partial charge on any atom is 0.171 e. The minimum absolute atomic E-state index is 0.0952. The largest absolute Gasteiger partial charge is 0.365 e. The van der Waals surface area contributed by atoms with Crippen molar-refractivity contribution in [2.24, 2.45) is 28.6 Å². The molecule has 0 radical (unpaired) electrons. The lowest BCUT2D eigenvalue weighted by Crippen LogP contribution is -2.57. The van der Waals surface area contributed by atoms with E-state index < -0.39 is 11.4 Å². The van der Waals surface area contributed by atoms with Crippen LogP contribution in [0.2, 0.25) is 0 Å². The summed E-state index contributed by atoms with van der Waals surface area (Å²) in [7, 11) is 0. The molecule has 0 spiro atoms. The van der Waals surface area contributed by atoms with E-state index in [4.69, 9.17) is 4.74 Å². The molecule has 0 heterocycles. The zero-order valence-corrected chi connectivity index (χ0v) is 24.2. The van der Waals surface area contributed by atoms with Gasteiger partial charge in [-0.1, -0.05) is 116 Å². The van der Waals surface area contributed by atoms with Gasteiger partial charge >= 0.3 is 0 Å². The van der Waals surface area contributed by atoms with Gasteiger partial charge in [0.1, 0.15) is 5.60 Å². The average molecular weight is 533 g/mol. The van der Waals surface area contributed by atoms with Crippen molar-refractivity contribution in [2.75, 3.05) is 0 Å². The first-order chi connectivity index (χ1) is 19.4. The van der Waals surface area contributed by atoms with Gasteiger partial charge < -0.3 is 9.84 Å². The van der Waals surface area contributed by atoms with Gasteiger partial charge in [-0.25, -0.2) is 0 Å². The van der Waals surface area contributed by atoms with E-state index in [2.05, 4.69) is 111 Å². The first-order valence-electron chi connectivity index (χ1n) is 15.7. The molecule has 3 aromatic carbocycles. The molecule has 3 aromatic rings.